The number of halogens is 2. The molecule has 1 N–H and O–H groups in total. The summed E-state index contributed by atoms with van der Waals surface area (Å²) in [6.45, 7) is 3.20. The number of hydrogen-bond donors (Lipinski definition) is 1. The highest BCUT2D eigenvalue weighted by Crippen LogP contribution is 2.25. The maximum Gasteiger partial charge on any atom is 0.340 e. The Labute approximate surface area is 164 Å². The van der Waals surface area contributed by atoms with Crippen LogP contribution in [0.5, 0.6) is 0 Å². The smallest absolute Gasteiger partial charge is 0.340 e. The summed E-state index contributed by atoms with van der Waals surface area (Å²) >= 11 is 11.8. The minimum absolute atomic E-state index is 0.178. The molecule has 5 nitrogen and oxygen atoms in total. The van der Waals surface area contributed by atoms with Gasteiger partial charge >= 0.3 is 5.97 Å². The van der Waals surface area contributed by atoms with Crippen molar-refractivity contribution < 1.29 is 18.5 Å². The van der Waals surface area contributed by atoms with Crippen LogP contribution in [0.3, 0.4) is 0 Å². The van der Waals surface area contributed by atoms with Gasteiger partial charge in [0.05, 0.1) is 32.0 Å². The second-order valence-corrected chi connectivity index (χ2v) is 7.84. The summed E-state index contributed by atoms with van der Waals surface area (Å²) in [6, 6.07) is 11.1. The van der Waals surface area contributed by atoms with Crippen molar-refractivity contribution in [3.05, 3.63) is 58.1 Å². The number of amides is 1. The lowest BCUT2D eigenvalue weighted by atomic mass is 10.2. The molecule has 0 saturated carbocycles. The van der Waals surface area contributed by atoms with Crippen LogP contribution in [-0.4, -0.2) is 27.9 Å². The number of rotatable bonds is 6. The van der Waals surface area contributed by atoms with Gasteiger partial charge in [-0.2, -0.15) is 0 Å². The molecule has 26 heavy (non-hydrogen) atoms. The van der Waals surface area contributed by atoms with Gasteiger partial charge in [0.2, 0.25) is 0 Å². The van der Waals surface area contributed by atoms with Crippen LogP contribution in [0.15, 0.2) is 47.4 Å². The molecule has 0 bridgehead atoms. The summed E-state index contributed by atoms with van der Waals surface area (Å²) in [6.07, 6.45) is -1.07. The topological polar surface area (TPSA) is 72.5 Å². The molecule has 1 amide bonds. The largest absolute Gasteiger partial charge is 0.449 e. The van der Waals surface area contributed by atoms with Crippen molar-refractivity contribution in [1.82, 2.24) is 0 Å². The van der Waals surface area contributed by atoms with Crippen LogP contribution in [0.1, 0.15) is 24.2 Å². The Morgan fingerprint density at radius 2 is 1.88 bits per heavy atom. The number of carbonyl (C=O) groups is 2. The molecule has 138 valence electrons. The Balaban J connectivity index is 2.09. The molecule has 0 aliphatic carbocycles. The van der Waals surface area contributed by atoms with E-state index in [1.165, 1.54) is 19.1 Å². The number of esters is 1. The average molecular weight is 414 g/mol. The van der Waals surface area contributed by atoms with Crippen LogP contribution in [0, 0.1) is 0 Å². The van der Waals surface area contributed by atoms with E-state index in [4.69, 9.17) is 27.9 Å². The molecule has 2 atom stereocenters. The van der Waals surface area contributed by atoms with Gasteiger partial charge in [-0.05, 0) is 37.3 Å². The van der Waals surface area contributed by atoms with Crippen molar-refractivity contribution in [3.8, 4) is 0 Å². The molecule has 0 aromatic heterocycles. The second kappa shape index (κ2) is 9.16. The van der Waals surface area contributed by atoms with E-state index in [-0.39, 0.29) is 10.6 Å². The van der Waals surface area contributed by atoms with E-state index in [1.807, 2.05) is 0 Å². The van der Waals surface area contributed by atoms with Crippen molar-refractivity contribution in [1.29, 1.82) is 0 Å². The van der Waals surface area contributed by atoms with Crippen LogP contribution in [0.2, 0.25) is 10.0 Å². The summed E-state index contributed by atoms with van der Waals surface area (Å²) < 4.78 is 17.3. The van der Waals surface area contributed by atoms with Gasteiger partial charge in [-0.3, -0.25) is 9.00 Å². The van der Waals surface area contributed by atoms with Gasteiger partial charge in [0.1, 0.15) is 0 Å². The number of carbonyl (C=O) groups excluding carboxylic acids is 2. The minimum Gasteiger partial charge on any atom is -0.449 e. The zero-order valence-electron chi connectivity index (χ0n) is 14.1. The summed E-state index contributed by atoms with van der Waals surface area (Å²) in [5.41, 5.74) is 0.535. The fourth-order valence-corrected chi connectivity index (χ4v) is 3.49. The highest BCUT2D eigenvalue weighted by atomic mass is 35.5. The van der Waals surface area contributed by atoms with Gasteiger partial charge in [-0.25, -0.2) is 4.79 Å². The van der Waals surface area contributed by atoms with E-state index >= 15 is 0 Å². The first kappa shape index (κ1) is 20.4. The molecule has 2 rings (SSSR count). The lowest BCUT2D eigenvalue weighted by molar-refractivity contribution is -0.123. The Hall–Kier alpha value is -1.89. The third kappa shape index (κ3) is 5.06. The zero-order chi connectivity index (χ0) is 19.3. The van der Waals surface area contributed by atoms with Crippen molar-refractivity contribution in [3.63, 3.8) is 0 Å². The molecular weight excluding hydrogens is 397 g/mol. The summed E-state index contributed by atoms with van der Waals surface area (Å²) in [4.78, 5) is 25.0. The molecule has 2 aromatic rings. The number of benzene rings is 2. The van der Waals surface area contributed by atoms with E-state index in [9.17, 15) is 13.8 Å². The lowest BCUT2D eigenvalue weighted by Crippen LogP contribution is -2.30. The number of ether oxygens (including phenoxy) is 1. The van der Waals surface area contributed by atoms with Gasteiger partial charge in [0.15, 0.2) is 6.10 Å². The zero-order valence-corrected chi connectivity index (χ0v) is 16.5. The number of nitrogens with one attached hydrogen (secondary N) is 1. The van der Waals surface area contributed by atoms with Crippen molar-refractivity contribution >= 4 is 51.6 Å². The average Bonchev–Trinajstić information content (AvgIpc) is 2.63. The number of hydrogen-bond acceptors (Lipinski definition) is 4. The van der Waals surface area contributed by atoms with E-state index in [2.05, 4.69) is 5.32 Å². The van der Waals surface area contributed by atoms with Gasteiger partial charge in [-0.15, -0.1) is 0 Å². The fraction of sp³-hybridized carbons (Fsp3) is 0.222. The lowest BCUT2D eigenvalue weighted by Gasteiger charge is -2.15. The quantitative estimate of drug-likeness (QED) is 0.716. The fourth-order valence-electron chi connectivity index (χ4n) is 2.09. The maximum absolute atomic E-state index is 12.4. The summed E-state index contributed by atoms with van der Waals surface area (Å²) in [7, 11) is -1.32. The summed E-state index contributed by atoms with van der Waals surface area (Å²) in [5.74, 6) is -0.890. The Kier molecular flexibility index (Phi) is 7.20. The van der Waals surface area contributed by atoms with E-state index in [0.29, 0.717) is 21.4 Å². The minimum atomic E-state index is -1.32. The van der Waals surface area contributed by atoms with Crippen LogP contribution in [-0.2, 0) is 20.3 Å². The van der Waals surface area contributed by atoms with Crippen molar-refractivity contribution in [2.75, 3.05) is 11.1 Å². The van der Waals surface area contributed by atoms with Crippen LogP contribution >= 0.6 is 23.2 Å². The second-order valence-electron chi connectivity index (χ2n) is 5.29. The van der Waals surface area contributed by atoms with E-state index in [1.54, 1.807) is 37.3 Å². The van der Waals surface area contributed by atoms with Crippen LogP contribution < -0.4 is 5.32 Å². The Bertz CT molecular complexity index is 857. The Morgan fingerprint density at radius 1 is 1.19 bits per heavy atom. The number of anilines is 1. The molecule has 0 spiro atoms. The normalized spacial score (nSPS) is 12.9. The van der Waals surface area contributed by atoms with E-state index in [0.717, 1.165) is 0 Å². The van der Waals surface area contributed by atoms with Gasteiger partial charge in [0, 0.05) is 10.8 Å². The van der Waals surface area contributed by atoms with Crippen LogP contribution in [0.4, 0.5) is 5.69 Å². The molecule has 8 heteroatoms. The third-order valence-corrected chi connectivity index (χ3v) is 5.38. The Morgan fingerprint density at radius 3 is 2.54 bits per heavy atom. The molecule has 0 aliphatic heterocycles. The maximum atomic E-state index is 12.4. The highest BCUT2D eigenvalue weighted by Gasteiger charge is 2.22. The van der Waals surface area contributed by atoms with Gasteiger partial charge in [-0.1, -0.05) is 42.3 Å². The first-order valence-electron chi connectivity index (χ1n) is 7.77. The van der Waals surface area contributed by atoms with Crippen molar-refractivity contribution in [2.45, 2.75) is 24.8 Å². The predicted octanol–water partition coefficient (Wildman–Crippen LogP) is 4.30. The van der Waals surface area contributed by atoms with Crippen LogP contribution in [0.25, 0.3) is 0 Å². The van der Waals surface area contributed by atoms with E-state index < -0.39 is 28.8 Å². The van der Waals surface area contributed by atoms with Gasteiger partial charge in [0.25, 0.3) is 5.91 Å². The monoisotopic (exact) mass is 413 g/mol. The highest BCUT2D eigenvalue weighted by molar-refractivity contribution is 7.85. The first-order chi connectivity index (χ1) is 12.3. The van der Waals surface area contributed by atoms with Gasteiger partial charge < -0.3 is 10.1 Å². The molecule has 0 fully saturated rings. The third-order valence-electron chi connectivity index (χ3n) is 3.46. The molecule has 0 heterocycles. The standard InChI is InChI=1S/C18H17Cl2NO4S/c1-3-26(24)16-7-5-4-6-13(16)18(23)25-11(2)17(22)21-15-9-8-12(19)10-14(15)20/h4-11H,3H2,1-2H3,(H,21,22)/t11-,26+/m1/s1. The molecule has 0 saturated heterocycles. The molecule has 0 radical (unpaired) electrons. The first-order valence-corrected chi connectivity index (χ1v) is 9.85. The predicted molar refractivity (Wildman–Crippen MR) is 103 cm³/mol. The SMILES string of the molecule is CC[S@](=O)c1ccccc1C(=O)O[C@H](C)C(=O)Nc1ccc(Cl)cc1Cl. The molecule has 2 aromatic carbocycles. The molecular formula is C18H17Cl2NO4S. The summed E-state index contributed by atoms with van der Waals surface area (Å²) in [5, 5.41) is 3.29. The molecule has 0 unspecified atom stereocenters. The molecule has 0 aliphatic rings. The van der Waals surface area contributed by atoms with Crippen molar-refractivity contribution in [2.24, 2.45) is 0 Å².